The Balaban J connectivity index is 0.00000109. The number of nitrogens with zero attached hydrogens (tertiary/aromatic N) is 4. The Morgan fingerprint density at radius 1 is 1.21 bits per heavy atom. The predicted molar refractivity (Wildman–Crippen MR) is 107 cm³/mol. The van der Waals surface area contributed by atoms with E-state index in [1.165, 1.54) is 12.4 Å². The molecule has 0 spiro atoms. The van der Waals surface area contributed by atoms with Crippen molar-refractivity contribution in [1.82, 2.24) is 24.7 Å². The Bertz CT molecular complexity index is 911. The Morgan fingerprint density at radius 3 is 2.79 bits per heavy atom. The van der Waals surface area contributed by atoms with Gasteiger partial charge in [0.25, 0.3) is 6.43 Å². The number of imidazole rings is 1. The molecule has 8 heteroatoms. The van der Waals surface area contributed by atoms with Gasteiger partial charge in [-0.15, -0.1) is 0 Å². The van der Waals surface area contributed by atoms with E-state index >= 15 is 0 Å². The van der Waals surface area contributed by atoms with Gasteiger partial charge in [0.2, 0.25) is 0 Å². The number of nitrogens with one attached hydrogen (secondary N) is 2. The van der Waals surface area contributed by atoms with Crippen molar-refractivity contribution in [1.29, 1.82) is 0 Å². The number of pyridine rings is 1. The molecule has 1 saturated heterocycles. The second kappa shape index (κ2) is 9.05. The molecule has 4 rings (SSSR count). The fourth-order valence-corrected chi connectivity index (χ4v) is 3.34. The summed E-state index contributed by atoms with van der Waals surface area (Å²) < 4.78 is 27.5. The van der Waals surface area contributed by atoms with Gasteiger partial charge in [-0.05, 0) is 38.4 Å². The Morgan fingerprint density at radius 2 is 2.04 bits per heavy atom. The quantitative estimate of drug-likeness (QED) is 0.697. The molecule has 0 bridgehead atoms. The minimum absolute atomic E-state index is 0.283. The fourth-order valence-electron chi connectivity index (χ4n) is 3.34. The highest BCUT2D eigenvalue weighted by atomic mass is 19.3. The summed E-state index contributed by atoms with van der Waals surface area (Å²) in [5.41, 5.74) is 1.56. The maximum atomic E-state index is 13.0. The maximum absolute atomic E-state index is 13.0. The third-order valence-electron chi connectivity index (χ3n) is 4.63. The molecule has 2 atom stereocenters. The van der Waals surface area contributed by atoms with Crippen LogP contribution < -0.4 is 10.6 Å². The molecule has 150 valence electrons. The third-order valence-corrected chi connectivity index (χ3v) is 4.63. The zero-order valence-corrected chi connectivity index (χ0v) is 16.4. The average Bonchev–Trinajstić information content (AvgIpc) is 3.13. The summed E-state index contributed by atoms with van der Waals surface area (Å²) in [6.45, 7) is 7.15. The lowest BCUT2D eigenvalue weighted by atomic mass is 10.0. The molecule has 1 aliphatic heterocycles. The van der Waals surface area contributed by atoms with Crippen molar-refractivity contribution in [2.24, 2.45) is 0 Å². The van der Waals surface area contributed by atoms with Crippen LogP contribution in [0, 0.1) is 0 Å². The number of rotatable bonds is 4. The highest BCUT2D eigenvalue weighted by Gasteiger charge is 2.19. The van der Waals surface area contributed by atoms with Crippen LogP contribution in [0.4, 0.5) is 14.6 Å². The number of hydrogen-bond donors (Lipinski definition) is 2. The standard InChI is InChI=1S/C18H20F2N6.C2H6/c1-11-7-12(5-6-21-11)24-16-4-2-3-13(25-16)15-8-23-17-9-22-14(18(19)20)10-26(15)17;1-2/h2-4,8-12,18,21H,5-7H2,1H3,(H,24,25);1-2H3. The molecule has 3 aromatic rings. The van der Waals surface area contributed by atoms with Gasteiger partial charge in [-0.1, -0.05) is 19.9 Å². The number of piperidine rings is 1. The van der Waals surface area contributed by atoms with Crippen LogP contribution in [0.5, 0.6) is 0 Å². The second-order valence-electron chi connectivity index (χ2n) is 6.61. The largest absolute Gasteiger partial charge is 0.367 e. The summed E-state index contributed by atoms with van der Waals surface area (Å²) in [7, 11) is 0. The normalized spacial score (nSPS) is 19.4. The van der Waals surface area contributed by atoms with Crippen LogP contribution in [0.25, 0.3) is 17.0 Å². The average molecular weight is 388 g/mol. The smallest absolute Gasteiger partial charge is 0.281 e. The van der Waals surface area contributed by atoms with Gasteiger partial charge in [0, 0.05) is 18.3 Å². The SMILES string of the molecule is CC.CC1CC(Nc2cccc(-c3cnc4cnc(C(F)F)cn34)n2)CCN1. The number of fused-ring (bicyclic) bond motifs is 1. The van der Waals surface area contributed by atoms with Gasteiger partial charge in [-0.25, -0.2) is 23.7 Å². The summed E-state index contributed by atoms with van der Waals surface area (Å²) in [6, 6.07) is 6.52. The molecule has 0 amide bonds. The molecule has 28 heavy (non-hydrogen) atoms. The van der Waals surface area contributed by atoms with Crippen molar-refractivity contribution >= 4 is 11.5 Å². The lowest BCUT2D eigenvalue weighted by Crippen LogP contribution is -2.41. The van der Waals surface area contributed by atoms with E-state index in [0.29, 0.717) is 29.1 Å². The summed E-state index contributed by atoms with van der Waals surface area (Å²) in [5.74, 6) is 0.777. The van der Waals surface area contributed by atoms with Crippen molar-refractivity contribution < 1.29 is 8.78 Å². The van der Waals surface area contributed by atoms with Crippen LogP contribution in [0.15, 0.2) is 36.8 Å². The van der Waals surface area contributed by atoms with Crippen LogP contribution in [-0.4, -0.2) is 38.0 Å². The van der Waals surface area contributed by atoms with E-state index in [1.807, 2.05) is 32.0 Å². The van der Waals surface area contributed by atoms with Crippen molar-refractivity contribution in [2.75, 3.05) is 11.9 Å². The van der Waals surface area contributed by atoms with E-state index in [4.69, 9.17) is 0 Å². The van der Waals surface area contributed by atoms with Crippen LogP contribution in [-0.2, 0) is 0 Å². The Kier molecular flexibility index (Phi) is 6.51. The summed E-state index contributed by atoms with van der Waals surface area (Å²) >= 11 is 0. The number of aromatic nitrogens is 4. The van der Waals surface area contributed by atoms with Crippen molar-refractivity contribution in [3.8, 4) is 11.4 Å². The summed E-state index contributed by atoms with van der Waals surface area (Å²) in [4.78, 5) is 12.6. The minimum Gasteiger partial charge on any atom is -0.367 e. The fraction of sp³-hybridized carbons (Fsp3) is 0.450. The number of hydrogen-bond acceptors (Lipinski definition) is 5. The highest BCUT2D eigenvalue weighted by Crippen LogP contribution is 2.24. The molecular formula is C20H26F2N6. The lowest BCUT2D eigenvalue weighted by Gasteiger charge is -2.29. The van der Waals surface area contributed by atoms with Crippen LogP contribution in [0.3, 0.4) is 0 Å². The molecule has 1 fully saturated rings. The Hall–Kier alpha value is -2.61. The maximum Gasteiger partial charge on any atom is 0.281 e. The van der Waals surface area contributed by atoms with Gasteiger partial charge < -0.3 is 10.6 Å². The van der Waals surface area contributed by atoms with E-state index < -0.39 is 6.43 Å². The van der Waals surface area contributed by atoms with E-state index in [9.17, 15) is 8.78 Å². The van der Waals surface area contributed by atoms with E-state index in [1.54, 1.807) is 10.6 Å². The van der Waals surface area contributed by atoms with Gasteiger partial charge >= 0.3 is 0 Å². The van der Waals surface area contributed by atoms with Gasteiger partial charge in [-0.3, -0.25) is 4.40 Å². The van der Waals surface area contributed by atoms with Crippen molar-refractivity contribution in [2.45, 2.75) is 52.1 Å². The number of alkyl halides is 2. The zero-order valence-electron chi connectivity index (χ0n) is 16.4. The molecule has 1 aliphatic rings. The lowest BCUT2D eigenvalue weighted by molar-refractivity contribution is 0.145. The Labute approximate surface area is 163 Å². The predicted octanol–water partition coefficient (Wildman–Crippen LogP) is 4.31. The first kappa shape index (κ1) is 20.1. The van der Waals surface area contributed by atoms with Crippen molar-refractivity contribution in [3.63, 3.8) is 0 Å². The van der Waals surface area contributed by atoms with Crippen LogP contribution in [0.2, 0.25) is 0 Å². The first-order valence-electron chi connectivity index (χ1n) is 9.68. The van der Waals surface area contributed by atoms with E-state index in [0.717, 1.165) is 25.2 Å². The summed E-state index contributed by atoms with van der Waals surface area (Å²) in [6.07, 6.45) is 3.74. The number of halogens is 2. The van der Waals surface area contributed by atoms with Gasteiger partial charge in [-0.2, -0.15) is 0 Å². The molecule has 0 aliphatic carbocycles. The van der Waals surface area contributed by atoms with Gasteiger partial charge in [0.15, 0.2) is 5.65 Å². The molecular weight excluding hydrogens is 362 g/mol. The monoisotopic (exact) mass is 388 g/mol. The molecule has 2 N–H and O–H groups in total. The van der Waals surface area contributed by atoms with Crippen LogP contribution in [0.1, 0.15) is 45.7 Å². The molecule has 0 aromatic carbocycles. The molecule has 6 nitrogen and oxygen atoms in total. The van der Waals surface area contributed by atoms with E-state index in [-0.39, 0.29) is 5.69 Å². The molecule has 3 aromatic heterocycles. The van der Waals surface area contributed by atoms with Gasteiger partial charge in [0.05, 0.1) is 23.8 Å². The molecule has 0 saturated carbocycles. The minimum atomic E-state index is -2.63. The van der Waals surface area contributed by atoms with E-state index in [2.05, 4.69) is 32.5 Å². The summed E-state index contributed by atoms with van der Waals surface area (Å²) in [5, 5.41) is 6.90. The second-order valence-corrected chi connectivity index (χ2v) is 6.61. The topological polar surface area (TPSA) is 67.1 Å². The zero-order chi connectivity index (χ0) is 20.1. The highest BCUT2D eigenvalue weighted by molar-refractivity contribution is 5.61. The van der Waals surface area contributed by atoms with Crippen molar-refractivity contribution in [3.05, 3.63) is 42.5 Å². The molecule has 4 heterocycles. The first-order chi connectivity index (χ1) is 13.6. The first-order valence-corrected chi connectivity index (χ1v) is 9.68. The third kappa shape index (κ3) is 4.44. The molecule has 2 unspecified atom stereocenters. The number of anilines is 1. The molecule has 0 radical (unpaired) electrons. The van der Waals surface area contributed by atoms with Crippen LogP contribution >= 0.6 is 0 Å². The van der Waals surface area contributed by atoms with Gasteiger partial charge in [0.1, 0.15) is 11.5 Å².